The molecule has 0 radical (unpaired) electrons. The minimum absolute atomic E-state index is 1.16. The second kappa shape index (κ2) is 8.18. The SMILES string of the molecule is CN(C)c1ccc(/C=C2/C=C(C=C3C=CC(=[N+](C)C)C=C3)CCC2)cc1. The van der Waals surface area contributed by atoms with Gasteiger partial charge in [-0.3, -0.25) is 0 Å². The van der Waals surface area contributed by atoms with Crippen molar-refractivity contribution in [3.05, 3.63) is 83.0 Å². The van der Waals surface area contributed by atoms with Gasteiger partial charge in [-0.2, -0.15) is 0 Å². The maximum Gasteiger partial charge on any atom is 0.199 e. The molecule has 2 heteroatoms. The van der Waals surface area contributed by atoms with Gasteiger partial charge in [-0.05, 0) is 65.8 Å². The predicted octanol–water partition coefficient (Wildman–Crippen LogP) is 5.01. The van der Waals surface area contributed by atoms with Crippen LogP contribution in [-0.4, -0.2) is 38.5 Å². The summed E-state index contributed by atoms with van der Waals surface area (Å²) in [6.07, 6.45) is 19.3. The summed E-state index contributed by atoms with van der Waals surface area (Å²) >= 11 is 0. The Labute approximate surface area is 157 Å². The van der Waals surface area contributed by atoms with E-state index in [2.05, 4.69) is 104 Å². The molecule has 26 heavy (non-hydrogen) atoms. The lowest BCUT2D eigenvalue weighted by molar-refractivity contribution is -0.462. The molecule has 1 aromatic rings. The Kier molecular flexibility index (Phi) is 5.72. The molecule has 0 N–H and O–H groups in total. The van der Waals surface area contributed by atoms with Crippen LogP contribution in [0.2, 0.25) is 0 Å². The fourth-order valence-electron chi connectivity index (χ4n) is 3.27. The largest absolute Gasteiger partial charge is 0.378 e. The van der Waals surface area contributed by atoms with E-state index in [9.17, 15) is 0 Å². The van der Waals surface area contributed by atoms with Crippen LogP contribution in [-0.2, 0) is 0 Å². The number of hydrogen-bond acceptors (Lipinski definition) is 1. The van der Waals surface area contributed by atoms with Crippen LogP contribution in [0.5, 0.6) is 0 Å². The molecule has 2 aliphatic carbocycles. The van der Waals surface area contributed by atoms with Crippen LogP contribution in [0.3, 0.4) is 0 Å². The fraction of sp³-hybridized carbons (Fsp3) is 0.292. The smallest absolute Gasteiger partial charge is 0.199 e. The molecule has 0 saturated carbocycles. The van der Waals surface area contributed by atoms with Crippen molar-refractivity contribution in [1.29, 1.82) is 0 Å². The molecule has 0 heterocycles. The van der Waals surface area contributed by atoms with E-state index in [1.165, 1.54) is 40.1 Å². The van der Waals surface area contributed by atoms with E-state index in [-0.39, 0.29) is 0 Å². The number of allylic oxidation sites excluding steroid dienone is 9. The number of rotatable bonds is 3. The van der Waals surface area contributed by atoms with Crippen molar-refractivity contribution in [2.75, 3.05) is 33.1 Å². The number of anilines is 1. The van der Waals surface area contributed by atoms with Crippen LogP contribution in [0.15, 0.2) is 77.4 Å². The third-order valence-electron chi connectivity index (χ3n) is 4.82. The minimum atomic E-state index is 1.16. The Morgan fingerprint density at radius 2 is 1.58 bits per heavy atom. The van der Waals surface area contributed by atoms with Gasteiger partial charge in [0.25, 0.3) is 0 Å². The van der Waals surface area contributed by atoms with E-state index in [1.54, 1.807) is 0 Å². The van der Waals surface area contributed by atoms with Gasteiger partial charge in [-0.25, -0.2) is 4.58 Å². The first kappa shape index (κ1) is 18.2. The molecule has 0 atom stereocenters. The molecule has 0 unspecified atom stereocenters. The zero-order valence-corrected chi connectivity index (χ0v) is 16.4. The van der Waals surface area contributed by atoms with Crippen molar-refractivity contribution < 1.29 is 4.58 Å². The molecule has 0 spiro atoms. The van der Waals surface area contributed by atoms with Crippen LogP contribution in [0, 0.1) is 0 Å². The van der Waals surface area contributed by atoms with Crippen LogP contribution >= 0.6 is 0 Å². The summed E-state index contributed by atoms with van der Waals surface area (Å²) in [7, 11) is 8.30. The molecule has 0 bridgehead atoms. The lowest BCUT2D eigenvalue weighted by Gasteiger charge is -2.15. The van der Waals surface area contributed by atoms with Crippen LogP contribution in [0.25, 0.3) is 6.08 Å². The van der Waals surface area contributed by atoms with Crippen LogP contribution < -0.4 is 4.90 Å². The van der Waals surface area contributed by atoms with Gasteiger partial charge in [-0.1, -0.05) is 30.4 Å². The molecular formula is C24H29N2+. The zero-order valence-electron chi connectivity index (χ0n) is 16.4. The first-order chi connectivity index (χ1) is 12.5. The van der Waals surface area contributed by atoms with Crippen molar-refractivity contribution in [2.45, 2.75) is 19.3 Å². The lowest BCUT2D eigenvalue weighted by atomic mass is 9.92. The number of benzene rings is 1. The molecule has 2 aliphatic rings. The van der Waals surface area contributed by atoms with E-state index in [0.717, 1.165) is 12.8 Å². The number of hydrogen-bond donors (Lipinski definition) is 0. The standard InChI is InChI=1S/C24H29N2/c1-25(2)23-12-8-19(9-13-23)16-21-6-5-7-22(18-21)17-20-10-14-24(15-11-20)26(3)4/h8-18H,5-7H2,1-4H3/q+1. The van der Waals surface area contributed by atoms with Crippen molar-refractivity contribution in [1.82, 2.24) is 0 Å². The van der Waals surface area contributed by atoms with Gasteiger partial charge in [0, 0.05) is 31.9 Å². The van der Waals surface area contributed by atoms with Crippen molar-refractivity contribution in [2.24, 2.45) is 0 Å². The Morgan fingerprint density at radius 3 is 2.19 bits per heavy atom. The molecule has 134 valence electrons. The molecule has 0 aromatic heterocycles. The third-order valence-corrected chi connectivity index (χ3v) is 4.82. The lowest BCUT2D eigenvalue weighted by Crippen LogP contribution is -2.09. The quantitative estimate of drug-likeness (QED) is 0.698. The van der Waals surface area contributed by atoms with Crippen molar-refractivity contribution in [3.8, 4) is 0 Å². The van der Waals surface area contributed by atoms with Crippen molar-refractivity contribution >= 4 is 17.5 Å². The highest BCUT2D eigenvalue weighted by Crippen LogP contribution is 2.27. The van der Waals surface area contributed by atoms with E-state index >= 15 is 0 Å². The maximum atomic E-state index is 2.36. The Morgan fingerprint density at radius 1 is 0.885 bits per heavy atom. The zero-order chi connectivity index (χ0) is 18.5. The van der Waals surface area contributed by atoms with Gasteiger partial charge < -0.3 is 4.90 Å². The molecule has 2 nitrogen and oxygen atoms in total. The molecule has 1 aromatic carbocycles. The highest BCUT2D eigenvalue weighted by molar-refractivity contribution is 6.02. The topological polar surface area (TPSA) is 6.25 Å². The van der Waals surface area contributed by atoms with Crippen molar-refractivity contribution in [3.63, 3.8) is 0 Å². The fourth-order valence-corrected chi connectivity index (χ4v) is 3.27. The van der Waals surface area contributed by atoms with E-state index in [4.69, 9.17) is 0 Å². The second-order valence-electron chi connectivity index (χ2n) is 7.41. The highest BCUT2D eigenvalue weighted by Gasteiger charge is 2.08. The normalized spacial score (nSPS) is 18.2. The summed E-state index contributed by atoms with van der Waals surface area (Å²) in [5.74, 6) is 0. The van der Waals surface area contributed by atoms with Gasteiger partial charge in [-0.15, -0.1) is 0 Å². The molecule has 0 amide bonds. The number of nitrogens with zero attached hydrogens (tertiary/aromatic N) is 2. The molecule has 0 aliphatic heterocycles. The summed E-state index contributed by atoms with van der Waals surface area (Å²) in [5, 5.41) is 0. The average molecular weight is 346 g/mol. The van der Waals surface area contributed by atoms with Gasteiger partial charge >= 0.3 is 0 Å². The van der Waals surface area contributed by atoms with Gasteiger partial charge in [0.15, 0.2) is 5.71 Å². The summed E-state index contributed by atoms with van der Waals surface area (Å²) in [6, 6.07) is 8.76. The first-order valence-corrected chi connectivity index (χ1v) is 9.32. The summed E-state index contributed by atoms with van der Waals surface area (Å²) in [4.78, 5) is 2.13. The van der Waals surface area contributed by atoms with Gasteiger partial charge in [0.2, 0.25) is 0 Å². The molecule has 3 rings (SSSR count). The predicted molar refractivity (Wildman–Crippen MR) is 114 cm³/mol. The van der Waals surface area contributed by atoms with Crippen LogP contribution in [0.4, 0.5) is 5.69 Å². The van der Waals surface area contributed by atoms with Gasteiger partial charge in [0.1, 0.15) is 14.1 Å². The highest BCUT2D eigenvalue weighted by atomic mass is 15.1. The van der Waals surface area contributed by atoms with E-state index in [1.807, 2.05) is 0 Å². The Hall–Kier alpha value is -2.61. The maximum absolute atomic E-state index is 2.36. The second-order valence-corrected chi connectivity index (χ2v) is 7.41. The molecule has 0 fully saturated rings. The third kappa shape index (κ3) is 4.72. The monoisotopic (exact) mass is 345 g/mol. The summed E-state index contributed by atoms with van der Waals surface area (Å²) in [6.45, 7) is 0. The van der Waals surface area contributed by atoms with Gasteiger partial charge in [0.05, 0.1) is 0 Å². The van der Waals surface area contributed by atoms with Crippen LogP contribution in [0.1, 0.15) is 24.8 Å². The molecular weight excluding hydrogens is 316 g/mol. The first-order valence-electron chi connectivity index (χ1n) is 9.32. The van der Waals surface area contributed by atoms with E-state index < -0.39 is 0 Å². The summed E-state index contributed by atoms with van der Waals surface area (Å²) in [5.41, 5.74) is 7.87. The van der Waals surface area contributed by atoms with E-state index in [0.29, 0.717) is 0 Å². The summed E-state index contributed by atoms with van der Waals surface area (Å²) < 4.78 is 2.13. The Balaban J connectivity index is 1.77. The molecule has 0 saturated heterocycles. The minimum Gasteiger partial charge on any atom is -0.378 e. The Bertz CT molecular complexity index is 819. The average Bonchev–Trinajstić information content (AvgIpc) is 2.63.